The van der Waals surface area contributed by atoms with Gasteiger partial charge in [-0.3, -0.25) is 9.59 Å². The van der Waals surface area contributed by atoms with Crippen molar-refractivity contribution in [2.45, 2.75) is 39.2 Å². The molecule has 0 radical (unpaired) electrons. The van der Waals surface area contributed by atoms with E-state index in [9.17, 15) is 9.59 Å². The van der Waals surface area contributed by atoms with Gasteiger partial charge in [0.2, 0.25) is 12.7 Å². The Morgan fingerprint density at radius 1 is 1.32 bits per heavy atom. The number of aromatic nitrogens is 3. The topological polar surface area (TPSA) is 106 Å². The highest BCUT2D eigenvalue weighted by atomic mass is 16.7. The van der Waals surface area contributed by atoms with E-state index < -0.39 is 0 Å². The largest absolute Gasteiger partial charge is 0.454 e. The predicted molar refractivity (Wildman–Crippen MR) is 90.4 cm³/mol. The fraction of sp³-hybridized carbons (Fsp3) is 0.412. The number of benzene rings is 1. The number of rotatable bonds is 6. The molecule has 1 aromatic heterocycles. The van der Waals surface area contributed by atoms with Crippen molar-refractivity contribution >= 4 is 5.91 Å². The van der Waals surface area contributed by atoms with Crippen molar-refractivity contribution in [2.24, 2.45) is 0 Å². The van der Waals surface area contributed by atoms with Crippen LogP contribution in [-0.2, 0) is 11.2 Å². The molecule has 0 spiro atoms. The van der Waals surface area contributed by atoms with E-state index in [1.54, 1.807) is 18.2 Å². The van der Waals surface area contributed by atoms with Crippen LogP contribution >= 0.6 is 0 Å². The Bertz CT molecular complexity index is 834. The van der Waals surface area contributed by atoms with Crippen LogP contribution in [0.25, 0.3) is 11.4 Å². The van der Waals surface area contributed by atoms with E-state index in [4.69, 9.17) is 9.47 Å². The number of amides is 1. The second-order valence-corrected chi connectivity index (χ2v) is 5.89. The summed E-state index contributed by atoms with van der Waals surface area (Å²) < 4.78 is 10.6. The molecule has 2 aromatic rings. The summed E-state index contributed by atoms with van der Waals surface area (Å²) >= 11 is 0. The van der Waals surface area contributed by atoms with Gasteiger partial charge in [-0.05, 0) is 31.5 Å². The lowest BCUT2D eigenvalue weighted by Crippen LogP contribution is -2.32. The molecule has 0 aliphatic carbocycles. The molecule has 0 saturated carbocycles. The van der Waals surface area contributed by atoms with Gasteiger partial charge in [0.25, 0.3) is 5.56 Å². The van der Waals surface area contributed by atoms with Gasteiger partial charge in [0.15, 0.2) is 17.3 Å². The third kappa shape index (κ3) is 3.96. The SMILES string of the molecule is CCC(C)NC(=O)CCc1nnc(-c2ccc3c(c2)OCO3)[nH]c1=O. The summed E-state index contributed by atoms with van der Waals surface area (Å²) in [6.07, 6.45) is 1.30. The zero-order chi connectivity index (χ0) is 17.8. The number of nitrogens with zero attached hydrogens (tertiary/aromatic N) is 2. The molecule has 8 heteroatoms. The quantitative estimate of drug-likeness (QED) is 0.820. The lowest BCUT2D eigenvalue weighted by atomic mass is 10.2. The van der Waals surface area contributed by atoms with Crippen molar-refractivity contribution in [2.75, 3.05) is 6.79 Å². The van der Waals surface area contributed by atoms with Crippen LogP contribution in [-0.4, -0.2) is 33.9 Å². The number of ether oxygens (including phenoxy) is 2. The maximum absolute atomic E-state index is 12.2. The number of carbonyl (C=O) groups excluding carboxylic acids is 1. The highest BCUT2D eigenvalue weighted by Crippen LogP contribution is 2.34. The van der Waals surface area contributed by atoms with E-state index in [1.807, 2.05) is 13.8 Å². The van der Waals surface area contributed by atoms with Crippen LogP contribution in [0.3, 0.4) is 0 Å². The Morgan fingerprint density at radius 3 is 2.88 bits per heavy atom. The molecular weight excluding hydrogens is 324 g/mol. The number of nitrogens with one attached hydrogen (secondary N) is 2. The fourth-order valence-corrected chi connectivity index (χ4v) is 2.38. The molecule has 0 fully saturated rings. The molecule has 1 aliphatic heterocycles. The minimum atomic E-state index is -0.348. The van der Waals surface area contributed by atoms with Gasteiger partial charge in [0.1, 0.15) is 5.69 Å². The van der Waals surface area contributed by atoms with Crippen LogP contribution < -0.4 is 20.3 Å². The van der Waals surface area contributed by atoms with Crippen molar-refractivity contribution in [1.82, 2.24) is 20.5 Å². The molecular formula is C17H20N4O4. The van der Waals surface area contributed by atoms with Crippen molar-refractivity contribution in [3.05, 3.63) is 34.2 Å². The maximum atomic E-state index is 12.2. The van der Waals surface area contributed by atoms with Gasteiger partial charge in [-0.25, -0.2) is 0 Å². The van der Waals surface area contributed by atoms with Crippen molar-refractivity contribution in [3.63, 3.8) is 0 Å². The first-order chi connectivity index (χ1) is 12.1. The summed E-state index contributed by atoms with van der Waals surface area (Å²) in [5.74, 6) is 1.50. The van der Waals surface area contributed by atoms with E-state index in [2.05, 4.69) is 20.5 Å². The molecule has 2 N–H and O–H groups in total. The molecule has 1 atom stereocenters. The number of hydrogen-bond acceptors (Lipinski definition) is 6. The Labute approximate surface area is 144 Å². The van der Waals surface area contributed by atoms with E-state index in [-0.39, 0.29) is 42.8 Å². The molecule has 1 amide bonds. The molecule has 3 rings (SSSR count). The highest BCUT2D eigenvalue weighted by Gasteiger charge is 2.16. The summed E-state index contributed by atoms with van der Waals surface area (Å²) in [6.45, 7) is 4.11. The van der Waals surface area contributed by atoms with Crippen molar-refractivity contribution in [3.8, 4) is 22.9 Å². The first-order valence-electron chi connectivity index (χ1n) is 8.22. The van der Waals surface area contributed by atoms with Crippen LogP contribution in [0.2, 0.25) is 0 Å². The van der Waals surface area contributed by atoms with Crippen LogP contribution in [0.4, 0.5) is 0 Å². The van der Waals surface area contributed by atoms with Crippen molar-refractivity contribution in [1.29, 1.82) is 0 Å². The third-order valence-electron chi connectivity index (χ3n) is 4.02. The average molecular weight is 344 g/mol. The zero-order valence-corrected chi connectivity index (χ0v) is 14.2. The van der Waals surface area contributed by atoms with Crippen LogP contribution in [0.15, 0.2) is 23.0 Å². The van der Waals surface area contributed by atoms with Crippen LogP contribution in [0, 0.1) is 0 Å². The first-order valence-corrected chi connectivity index (χ1v) is 8.22. The number of carbonyl (C=O) groups is 1. The van der Waals surface area contributed by atoms with E-state index >= 15 is 0 Å². The summed E-state index contributed by atoms with van der Waals surface area (Å²) in [5, 5.41) is 10.9. The lowest BCUT2D eigenvalue weighted by Gasteiger charge is -2.10. The van der Waals surface area contributed by atoms with Gasteiger partial charge in [-0.15, -0.1) is 10.2 Å². The first kappa shape index (κ1) is 16.9. The normalized spacial score (nSPS) is 13.5. The summed E-state index contributed by atoms with van der Waals surface area (Å²) in [4.78, 5) is 26.7. The lowest BCUT2D eigenvalue weighted by molar-refractivity contribution is -0.121. The molecule has 25 heavy (non-hydrogen) atoms. The van der Waals surface area contributed by atoms with E-state index in [0.29, 0.717) is 22.9 Å². The van der Waals surface area contributed by atoms with Gasteiger partial charge >= 0.3 is 0 Å². The molecule has 0 bridgehead atoms. The monoisotopic (exact) mass is 344 g/mol. The molecule has 1 unspecified atom stereocenters. The number of hydrogen-bond donors (Lipinski definition) is 2. The van der Waals surface area contributed by atoms with Crippen LogP contribution in [0.5, 0.6) is 11.5 Å². The van der Waals surface area contributed by atoms with E-state index in [0.717, 1.165) is 6.42 Å². The molecule has 132 valence electrons. The molecule has 0 saturated heterocycles. The molecule has 1 aliphatic rings. The summed E-state index contributed by atoms with van der Waals surface area (Å²) in [6, 6.07) is 5.38. The van der Waals surface area contributed by atoms with Gasteiger partial charge in [0, 0.05) is 24.4 Å². The zero-order valence-electron chi connectivity index (χ0n) is 14.2. The number of H-pyrrole nitrogens is 1. The van der Waals surface area contributed by atoms with Gasteiger partial charge in [-0.2, -0.15) is 0 Å². The molecule has 8 nitrogen and oxygen atoms in total. The molecule has 2 heterocycles. The predicted octanol–water partition coefficient (Wildman–Crippen LogP) is 1.41. The van der Waals surface area contributed by atoms with Crippen LogP contribution in [0.1, 0.15) is 32.4 Å². The Balaban J connectivity index is 1.69. The maximum Gasteiger partial charge on any atom is 0.273 e. The third-order valence-corrected chi connectivity index (χ3v) is 4.02. The standard InChI is InChI=1S/C17H20N4O4/c1-3-10(2)18-15(22)7-5-12-17(23)19-16(21-20-12)11-4-6-13-14(8-11)25-9-24-13/h4,6,8,10H,3,5,7,9H2,1-2H3,(H,18,22)(H,19,21,23). The minimum Gasteiger partial charge on any atom is -0.454 e. The number of fused-ring (bicyclic) bond motifs is 1. The average Bonchev–Trinajstić information content (AvgIpc) is 3.08. The van der Waals surface area contributed by atoms with Gasteiger partial charge in [0.05, 0.1) is 0 Å². The van der Waals surface area contributed by atoms with E-state index in [1.165, 1.54) is 0 Å². The Hall–Kier alpha value is -2.90. The van der Waals surface area contributed by atoms with Gasteiger partial charge < -0.3 is 19.8 Å². The minimum absolute atomic E-state index is 0.101. The molecule has 1 aromatic carbocycles. The number of aryl methyl sites for hydroxylation is 1. The summed E-state index contributed by atoms with van der Waals surface area (Å²) in [5.41, 5.74) is 0.567. The highest BCUT2D eigenvalue weighted by molar-refractivity contribution is 5.76. The number of aromatic amines is 1. The van der Waals surface area contributed by atoms with Gasteiger partial charge in [-0.1, -0.05) is 6.92 Å². The second-order valence-electron chi connectivity index (χ2n) is 5.89. The Kier molecular flexibility index (Phi) is 4.97. The van der Waals surface area contributed by atoms with Crippen molar-refractivity contribution < 1.29 is 14.3 Å². The second kappa shape index (κ2) is 7.33. The fourth-order valence-electron chi connectivity index (χ4n) is 2.38. The summed E-state index contributed by atoms with van der Waals surface area (Å²) in [7, 11) is 0. The smallest absolute Gasteiger partial charge is 0.273 e. The Morgan fingerprint density at radius 2 is 2.12 bits per heavy atom.